The maximum absolute atomic E-state index is 12.4. The third kappa shape index (κ3) is 1.74. The molecule has 0 aliphatic heterocycles. The molecule has 1 unspecified atom stereocenters. The van der Waals surface area contributed by atoms with E-state index in [1.807, 2.05) is 0 Å². The molecule has 0 saturated heterocycles. The number of halogens is 2. The summed E-state index contributed by atoms with van der Waals surface area (Å²) < 4.78 is 24.8. The lowest BCUT2D eigenvalue weighted by Gasteiger charge is -2.08. The molecule has 1 aromatic rings. The fraction of sp³-hybridized carbons (Fsp3) is 0.143. The minimum atomic E-state index is -2.79. The van der Waals surface area contributed by atoms with Crippen LogP contribution in [-0.2, 0) is 5.66 Å². The molecule has 0 aliphatic rings. The lowest BCUT2D eigenvalue weighted by atomic mass is 10.2. The van der Waals surface area contributed by atoms with Crippen LogP contribution in [0.2, 0.25) is 0 Å². The van der Waals surface area contributed by atoms with Crippen LogP contribution in [0.15, 0.2) is 30.3 Å². The summed E-state index contributed by atoms with van der Waals surface area (Å²) in [7, 11) is 1.50. The number of hydrogen-bond donors (Lipinski definition) is 0. The minimum absolute atomic E-state index is 0.0278. The monoisotopic (exact) mass is 160 g/mol. The Bertz CT molecular complexity index is 203. The highest BCUT2D eigenvalue weighted by Gasteiger charge is 2.22. The number of benzene rings is 1. The van der Waals surface area contributed by atoms with Crippen LogP contribution in [0.1, 0.15) is 5.56 Å². The number of alkyl halides is 2. The molecule has 54 valence electrons. The lowest BCUT2D eigenvalue weighted by molar-refractivity contribution is 0.104. The van der Waals surface area contributed by atoms with Crippen molar-refractivity contribution in [2.45, 2.75) is 5.66 Å². The van der Waals surface area contributed by atoms with Crippen LogP contribution in [0.5, 0.6) is 0 Å². The predicted octanol–water partition coefficient (Wildman–Crippen LogP) is 2.61. The quantitative estimate of drug-likeness (QED) is 0.554. The third-order valence-electron chi connectivity index (χ3n) is 1.16. The van der Waals surface area contributed by atoms with E-state index in [4.69, 9.17) is 0 Å². The van der Waals surface area contributed by atoms with Gasteiger partial charge in [-0.05, 0) is 0 Å². The SMILES string of the molecule is FC(F)(P)c1ccccc1. The zero-order valence-electron chi connectivity index (χ0n) is 5.22. The van der Waals surface area contributed by atoms with Crippen molar-refractivity contribution in [1.82, 2.24) is 0 Å². The van der Waals surface area contributed by atoms with Crippen LogP contribution in [0.4, 0.5) is 8.78 Å². The van der Waals surface area contributed by atoms with Crippen LogP contribution in [0.25, 0.3) is 0 Å². The highest BCUT2D eigenvalue weighted by Crippen LogP contribution is 2.33. The summed E-state index contributed by atoms with van der Waals surface area (Å²) in [6, 6.07) is 7.68. The van der Waals surface area contributed by atoms with Crippen molar-refractivity contribution in [3.63, 3.8) is 0 Å². The van der Waals surface area contributed by atoms with Gasteiger partial charge in [-0.2, -0.15) is 8.78 Å². The molecule has 0 bridgehead atoms. The molecule has 0 saturated carbocycles. The first-order valence-electron chi connectivity index (χ1n) is 2.83. The first kappa shape index (κ1) is 7.62. The fourth-order valence-electron chi connectivity index (χ4n) is 0.660. The zero-order chi connectivity index (χ0) is 7.61. The first-order chi connectivity index (χ1) is 4.61. The second-order valence-electron chi connectivity index (χ2n) is 1.99. The van der Waals surface area contributed by atoms with Gasteiger partial charge in [0.2, 0.25) is 0 Å². The van der Waals surface area contributed by atoms with E-state index in [0.717, 1.165) is 0 Å². The average molecular weight is 160 g/mol. The van der Waals surface area contributed by atoms with Crippen LogP contribution < -0.4 is 0 Å². The topological polar surface area (TPSA) is 0 Å². The number of hydrogen-bond acceptors (Lipinski definition) is 0. The highest BCUT2D eigenvalue weighted by molar-refractivity contribution is 7.17. The average Bonchev–Trinajstić information content (AvgIpc) is 1.88. The molecule has 0 amide bonds. The summed E-state index contributed by atoms with van der Waals surface area (Å²) in [5, 5.41) is 0. The molecule has 0 N–H and O–H groups in total. The Morgan fingerprint density at radius 2 is 1.60 bits per heavy atom. The summed E-state index contributed by atoms with van der Waals surface area (Å²) in [4.78, 5) is 0. The molecule has 3 heteroatoms. The maximum Gasteiger partial charge on any atom is 0.283 e. The largest absolute Gasteiger partial charge is 0.283 e. The summed E-state index contributed by atoms with van der Waals surface area (Å²) in [5.74, 6) is 0. The van der Waals surface area contributed by atoms with Gasteiger partial charge in [-0.1, -0.05) is 39.6 Å². The Balaban J connectivity index is 2.97. The van der Waals surface area contributed by atoms with Gasteiger partial charge in [-0.25, -0.2) is 0 Å². The van der Waals surface area contributed by atoms with Gasteiger partial charge in [0, 0.05) is 5.56 Å². The van der Waals surface area contributed by atoms with Gasteiger partial charge in [0.1, 0.15) is 0 Å². The summed E-state index contributed by atoms with van der Waals surface area (Å²) >= 11 is 0. The second kappa shape index (κ2) is 2.63. The molecule has 10 heavy (non-hydrogen) atoms. The fourth-order valence-corrected chi connectivity index (χ4v) is 0.853. The molecule has 0 radical (unpaired) electrons. The van der Waals surface area contributed by atoms with E-state index in [2.05, 4.69) is 0 Å². The standard InChI is InChI=1S/C7H7F2P/c8-7(9,10)6-4-2-1-3-5-6/h1-5H,10H2. The van der Waals surface area contributed by atoms with E-state index in [9.17, 15) is 8.78 Å². The molecule has 1 aromatic carbocycles. The van der Waals surface area contributed by atoms with Crippen molar-refractivity contribution in [3.05, 3.63) is 35.9 Å². The molecule has 0 aromatic heterocycles. The van der Waals surface area contributed by atoms with Crippen LogP contribution in [0.3, 0.4) is 0 Å². The normalized spacial score (nSPS) is 11.5. The predicted molar refractivity (Wildman–Crippen MR) is 40.0 cm³/mol. The van der Waals surface area contributed by atoms with Crippen molar-refractivity contribution in [3.8, 4) is 0 Å². The Morgan fingerprint density at radius 1 is 1.10 bits per heavy atom. The van der Waals surface area contributed by atoms with Gasteiger partial charge in [0.25, 0.3) is 5.66 Å². The zero-order valence-corrected chi connectivity index (χ0v) is 6.37. The van der Waals surface area contributed by atoms with Gasteiger partial charge in [-0.3, -0.25) is 0 Å². The highest BCUT2D eigenvalue weighted by atomic mass is 31.0. The molecule has 1 atom stereocenters. The van der Waals surface area contributed by atoms with Crippen molar-refractivity contribution < 1.29 is 8.78 Å². The van der Waals surface area contributed by atoms with E-state index in [1.165, 1.54) is 21.4 Å². The Kier molecular flexibility index (Phi) is 2.00. The molecule has 1 rings (SSSR count). The van der Waals surface area contributed by atoms with Gasteiger partial charge in [0.05, 0.1) is 0 Å². The van der Waals surface area contributed by atoms with Crippen molar-refractivity contribution in [2.75, 3.05) is 0 Å². The van der Waals surface area contributed by atoms with E-state index in [0.29, 0.717) is 0 Å². The summed E-state index contributed by atoms with van der Waals surface area (Å²) in [5.41, 5.74) is -2.76. The van der Waals surface area contributed by atoms with Gasteiger partial charge < -0.3 is 0 Å². The van der Waals surface area contributed by atoms with Gasteiger partial charge in [-0.15, -0.1) is 0 Å². The first-order valence-corrected chi connectivity index (χ1v) is 3.40. The van der Waals surface area contributed by atoms with Crippen molar-refractivity contribution >= 4 is 9.24 Å². The Labute approximate surface area is 60.5 Å². The molecule has 0 heterocycles. The Hall–Kier alpha value is -0.490. The summed E-state index contributed by atoms with van der Waals surface area (Å²) in [6.07, 6.45) is 0. The van der Waals surface area contributed by atoms with Gasteiger partial charge in [0.15, 0.2) is 0 Å². The molecule has 0 aliphatic carbocycles. The molecular formula is C7H7F2P. The smallest absolute Gasteiger partial charge is 0.197 e. The summed E-state index contributed by atoms with van der Waals surface area (Å²) in [6.45, 7) is 0. The van der Waals surface area contributed by atoms with Crippen LogP contribution >= 0.6 is 9.24 Å². The van der Waals surface area contributed by atoms with Gasteiger partial charge >= 0.3 is 0 Å². The van der Waals surface area contributed by atoms with Crippen molar-refractivity contribution in [1.29, 1.82) is 0 Å². The molecule has 0 fully saturated rings. The van der Waals surface area contributed by atoms with E-state index in [-0.39, 0.29) is 5.56 Å². The lowest BCUT2D eigenvalue weighted by Crippen LogP contribution is -2.00. The van der Waals surface area contributed by atoms with E-state index < -0.39 is 5.66 Å². The Morgan fingerprint density at radius 3 is 1.90 bits per heavy atom. The van der Waals surface area contributed by atoms with E-state index in [1.54, 1.807) is 18.2 Å². The second-order valence-corrected chi connectivity index (χ2v) is 2.71. The van der Waals surface area contributed by atoms with E-state index >= 15 is 0 Å². The maximum atomic E-state index is 12.4. The molecule has 0 nitrogen and oxygen atoms in total. The van der Waals surface area contributed by atoms with Crippen LogP contribution in [-0.4, -0.2) is 0 Å². The minimum Gasteiger partial charge on any atom is -0.197 e. The molecule has 0 spiro atoms. The number of rotatable bonds is 1. The molecular weight excluding hydrogens is 153 g/mol. The van der Waals surface area contributed by atoms with Crippen LogP contribution in [0, 0.1) is 0 Å². The van der Waals surface area contributed by atoms with Crippen molar-refractivity contribution in [2.24, 2.45) is 0 Å². The third-order valence-corrected chi connectivity index (χ3v) is 1.49.